The number of hydrogen-bond donors (Lipinski definition) is 1. The number of nitrogens with zero attached hydrogens (tertiary/aromatic N) is 1. The number of carbonyl (C=O) groups is 1. The predicted molar refractivity (Wildman–Crippen MR) is 72.8 cm³/mol. The second-order valence-electron chi connectivity index (χ2n) is 3.75. The summed E-state index contributed by atoms with van der Waals surface area (Å²) in [7, 11) is 0. The van der Waals surface area contributed by atoms with Gasteiger partial charge in [0.25, 0.3) is 5.91 Å². The molecule has 96 valence electrons. The van der Waals surface area contributed by atoms with Gasteiger partial charge in [-0.2, -0.15) is 5.26 Å². The zero-order chi connectivity index (χ0) is 13.5. The van der Waals surface area contributed by atoms with Crippen molar-refractivity contribution >= 4 is 17.2 Å². The van der Waals surface area contributed by atoms with Crippen LogP contribution < -0.4 is 10.1 Å². The number of carbonyl (C=O) groups excluding carboxylic acids is 1. The highest BCUT2D eigenvalue weighted by Gasteiger charge is 2.06. The van der Waals surface area contributed by atoms with Crippen LogP contribution in [0, 0.1) is 11.3 Å². The third-order valence-corrected chi connectivity index (χ3v) is 3.28. The maximum Gasteiger partial charge on any atom is 0.258 e. The van der Waals surface area contributed by atoms with Crippen molar-refractivity contribution in [1.82, 2.24) is 5.32 Å². The normalized spacial score (nSPS) is 9.63. The van der Waals surface area contributed by atoms with E-state index in [1.807, 2.05) is 23.6 Å². The number of para-hydroxylation sites is 1. The van der Waals surface area contributed by atoms with E-state index >= 15 is 0 Å². The highest BCUT2D eigenvalue weighted by atomic mass is 32.1. The molecule has 1 amide bonds. The van der Waals surface area contributed by atoms with Gasteiger partial charge in [-0.3, -0.25) is 4.79 Å². The summed E-state index contributed by atoms with van der Waals surface area (Å²) in [5.41, 5.74) is 0.425. The molecule has 1 aromatic heterocycles. The van der Waals surface area contributed by atoms with E-state index in [-0.39, 0.29) is 12.5 Å². The molecule has 1 N–H and O–H groups in total. The van der Waals surface area contributed by atoms with Gasteiger partial charge in [0.05, 0.1) is 12.1 Å². The predicted octanol–water partition coefficient (Wildman–Crippen LogP) is 2.31. The van der Waals surface area contributed by atoms with Gasteiger partial charge in [0, 0.05) is 4.88 Å². The zero-order valence-corrected chi connectivity index (χ0v) is 10.9. The van der Waals surface area contributed by atoms with E-state index in [1.165, 1.54) is 0 Å². The molecule has 0 atom stereocenters. The Hall–Kier alpha value is -2.32. The number of nitriles is 1. The highest BCUT2D eigenvalue weighted by Crippen LogP contribution is 2.16. The van der Waals surface area contributed by atoms with Crippen molar-refractivity contribution in [2.45, 2.75) is 6.54 Å². The van der Waals surface area contributed by atoms with E-state index in [4.69, 9.17) is 10.00 Å². The van der Waals surface area contributed by atoms with Crippen LogP contribution >= 0.6 is 11.3 Å². The molecule has 0 bridgehead atoms. The number of benzene rings is 1. The average Bonchev–Trinajstić information content (AvgIpc) is 2.96. The molecule has 5 heteroatoms. The molecule has 2 aromatic rings. The zero-order valence-electron chi connectivity index (χ0n) is 10.1. The first-order valence-corrected chi connectivity index (χ1v) is 6.58. The van der Waals surface area contributed by atoms with E-state index < -0.39 is 0 Å². The van der Waals surface area contributed by atoms with Crippen LogP contribution in [0.4, 0.5) is 0 Å². The Labute approximate surface area is 115 Å². The molecule has 0 spiro atoms. The highest BCUT2D eigenvalue weighted by molar-refractivity contribution is 7.09. The van der Waals surface area contributed by atoms with Crippen molar-refractivity contribution < 1.29 is 9.53 Å². The molecule has 0 saturated carbocycles. The Morgan fingerprint density at radius 3 is 2.89 bits per heavy atom. The van der Waals surface area contributed by atoms with E-state index in [1.54, 1.807) is 35.6 Å². The van der Waals surface area contributed by atoms with Gasteiger partial charge in [0.2, 0.25) is 0 Å². The van der Waals surface area contributed by atoms with Crippen LogP contribution in [0.3, 0.4) is 0 Å². The van der Waals surface area contributed by atoms with Crippen molar-refractivity contribution in [3.63, 3.8) is 0 Å². The molecule has 0 unspecified atom stereocenters. The number of rotatable bonds is 5. The van der Waals surface area contributed by atoms with Crippen LogP contribution in [-0.4, -0.2) is 12.5 Å². The summed E-state index contributed by atoms with van der Waals surface area (Å²) in [5, 5.41) is 13.6. The average molecular weight is 272 g/mol. The minimum Gasteiger partial charge on any atom is -0.482 e. The third-order valence-electron chi connectivity index (χ3n) is 2.41. The molecule has 0 saturated heterocycles. The molecule has 19 heavy (non-hydrogen) atoms. The summed E-state index contributed by atoms with van der Waals surface area (Å²) in [6, 6.07) is 12.7. The smallest absolute Gasteiger partial charge is 0.258 e. The molecule has 0 aliphatic heterocycles. The van der Waals surface area contributed by atoms with Crippen molar-refractivity contribution in [2.75, 3.05) is 6.61 Å². The molecular weight excluding hydrogens is 260 g/mol. The summed E-state index contributed by atoms with van der Waals surface area (Å²) in [6.07, 6.45) is 0. The van der Waals surface area contributed by atoms with Gasteiger partial charge in [-0.25, -0.2) is 0 Å². The van der Waals surface area contributed by atoms with Crippen LogP contribution in [0.25, 0.3) is 0 Å². The van der Waals surface area contributed by atoms with Gasteiger partial charge < -0.3 is 10.1 Å². The third kappa shape index (κ3) is 3.83. The Bertz CT molecular complexity index is 588. The monoisotopic (exact) mass is 272 g/mol. The maximum atomic E-state index is 11.6. The Morgan fingerprint density at radius 2 is 2.16 bits per heavy atom. The summed E-state index contributed by atoms with van der Waals surface area (Å²) in [4.78, 5) is 12.7. The number of ether oxygens (including phenoxy) is 1. The van der Waals surface area contributed by atoms with Crippen LogP contribution in [0.1, 0.15) is 10.4 Å². The summed E-state index contributed by atoms with van der Waals surface area (Å²) >= 11 is 1.59. The van der Waals surface area contributed by atoms with Crippen molar-refractivity contribution in [3.8, 4) is 11.8 Å². The lowest BCUT2D eigenvalue weighted by molar-refractivity contribution is -0.123. The molecule has 0 fully saturated rings. The topological polar surface area (TPSA) is 62.1 Å². The fourth-order valence-electron chi connectivity index (χ4n) is 1.48. The van der Waals surface area contributed by atoms with Gasteiger partial charge in [-0.15, -0.1) is 11.3 Å². The molecule has 1 aromatic carbocycles. The number of nitrogens with one attached hydrogen (secondary N) is 1. The van der Waals surface area contributed by atoms with Gasteiger partial charge in [0.1, 0.15) is 11.8 Å². The molecule has 2 rings (SSSR count). The standard InChI is InChI=1S/C14H12N2O2S/c15-8-11-4-1-2-6-13(11)18-10-14(17)16-9-12-5-3-7-19-12/h1-7H,9-10H2,(H,16,17). The molecule has 0 radical (unpaired) electrons. The quantitative estimate of drug-likeness (QED) is 0.908. The molecule has 0 aliphatic rings. The fourth-order valence-corrected chi connectivity index (χ4v) is 2.12. The number of thiophene rings is 1. The molecule has 0 aliphatic carbocycles. The van der Waals surface area contributed by atoms with Gasteiger partial charge in [0.15, 0.2) is 6.61 Å². The van der Waals surface area contributed by atoms with Crippen LogP contribution in [0.15, 0.2) is 41.8 Å². The van der Waals surface area contributed by atoms with Crippen molar-refractivity contribution in [3.05, 3.63) is 52.2 Å². The van der Waals surface area contributed by atoms with Crippen LogP contribution in [-0.2, 0) is 11.3 Å². The molecular formula is C14H12N2O2S. The number of hydrogen-bond acceptors (Lipinski definition) is 4. The lowest BCUT2D eigenvalue weighted by Gasteiger charge is -2.07. The first kappa shape index (κ1) is 13.1. The molecule has 1 heterocycles. The maximum absolute atomic E-state index is 11.6. The SMILES string of the molecule is N#Cc1ccccc1OCC(=O)NCc1cccs1. The van der Waals surface area contributed by atoms with Gasteiger partial charge >= 0.3 is 0 Å². The lowest BCUT2D eigenvalue weighted by Crippen LogP contribution is -2.28. The Morgan fingerprint density at radius 1 is 1.32 bits per heavy atom. The van der Waals surface area contributed by atoms with Crippen molar-refractivity contribution in [2.24, 2.45) is 0 Å². The van der Waals surface area contributed by atoms with Crippen molar-refractivity contribution in [1.29, 1.82) is 5.26 Å². The second-order valence-corrected chi connectivity index (χ2v) is 4.78. The Kier molecular flexibility index (Phi) is 4.54. The summed E-state index contributed by atoms with van der Waals surface area (Å²) in [5.74, 6) is 0.220. The first-order valence-electron chi connectivity index (χ1n) is 5.70. The minimum atomic E-state index is -0.207. The second kappa shape index (κ2) is 6.57. The summed E-state index contributed by atoms with van der Waals surface area (Å²) < 4.78 is 5.33. The first-order chi connectivity index (χ1) is 9.29. The van der Waals surface area contributed by atoms with Gasteiger partial charge in [-0.1, -0.05) is 18.2 Å². The van der Waals surface area contributed by atoms with E-state index in [0.29, 0.717) is 17.9 Å². The van der Waals surface area contributed by atoms with E-state index in [2.05, 4.69) is 5.32 Å². The lowest BCUT2D eigenvalue weighted by atomic mass is 10.2. The summed E-state index contributed by atoms with van der Waals surface area (Å²) in [6.45, 7) is 0.407. The van der Waals surface area contributed by atoms with Crippen LogP contribution in [0.5, 0.6) is 5.75 Å². The number of amides is 1. The van der Waals surface area contributed by atoms with Crippen LogP contribution in [0.2, 0.25) is 0 Å². The minimum absolute atomic E-state index is 0.0932. The Balaban J connectivity index is 1.82. The van der Waals surface area contributed by atoms with E-state index in [9.17, 15) is 4.79 Å². The van der Waals surface area contributed by atoms with E-state index in [0.717, 1.165) is 4.88 Å². The fraction of sp³-hybridized carbons (Fsp3) is 0.143. The largest absolute Gasteiger partial charge is 0.482 e. The van der Waals surface area contributed by atoms with Gasteiger partial charge in [-0.05, 0) is 23.6 Å². The molecule has 4 nitrogen and oxygen atoms in total.